The van der Waals surface area contributed by atoms with Gasteiger partial charge in [0.05, 0.1) is 20.6 Å². The van der Waals surface area contributed by atoms with E-state index in [2.05, 4.69) is 9.79 Å². The Kier molecular flexibility index (Phi) is 2.72. The number of aromatic nitrogens is 2. The molecule has 1 aromatic rings. The Morgan fingerprint density at radius 2 is 2.00 bits per heavy atom. The molecule has 1 aromatic heterocycles. The van der Waals surface area contributed by atoms with Crippen molar-refractivity contribution in [2.24, 2.45) is 0 Å². The van der Waals surface area contributed by atoms with Crippen LogP contribution < -0.4 is 14.9 Å². The zero-order chi connectivity index (χ0) is 10.0. The van der Waals surface area contributed by atoms with Gasteiger partial charge in [0.15, 0.2) is 5.95 Å². The minimum atomic E-state index is -0.387. The normalized spacial score (nSPS) is 10.8. The highest BCUT2D eigenvalue weighted by Crippen LogP contribution is 2.07. The molecule has 0 aromatic carbocycles. The summed E-state index contributed by atoms with van der Waals surface area (Å²) in [7, 11) is 7.35. The van der Waals surface area contributed by atoms with E-state index in [4.69, 9.17) is 0 Å². The second kappa shape index (κ2) is 3.61. The van der Waals surface area contributed by atoms with Crippen LogP contribution in [0, 0.1) is 0 Å². The average molecular weight is 186 g/mol. The van der Waals surface area contributed by atoms with Gasteiger partial charge in [0.25, 0.3) is 5.69 Å². The molecule has 0 N–H and O–H groups in total. The smallest absolute Gasteiger partial charge is 0.281 e. The van der Waals surface area contributed by atoms with Gasteiger partial charge in [-0.3, -0.25) is 4.90 Å². The number of hydrogen-bond acceptors (Lipinski definition) is 5. The molecule has 0 aliphatic heterocycles. The van der Waals surface area contributed by atoms with E-state index in [0.29, 0.717) is 12.2 Å². The van der Waals surface area contributed by atoms with Crippen LogP contribution in [0.2, 0.25) is 0 Å². The van der Waals surface area contributed by atoms with Crippen LogP contribution in [0.25, 0.3) is 0 Å². The maximum absolute atomic E-state index is 11.2. The number of rotatable bonds is 3. The van der Waals surface area contributed by atoms with Gasteiger partial charge in [0.1, 0.15) is 5.27 Å². The SMILES string of the molecule is CN(C)Cc1c([O-])on[n+]1N(C)C. The van der Waals surface area contributed by atoms with Crippen molar-refractivity contribution in [3.63, 3.8) is 0 Å². The molecule has 74 valence electrons. The fraction of sp³-hybridized carbons (Fsp3) is 0.714. The quantitative estimate of drug-likeness (QED) is 0.526. The van der Waals surface area contributed by atoms with Gasteiger partial charge in [-0.1, -0.05) is 0 Å². The zero-order valence-corrected chi connectivity index (χ0v) is 8.31. The van der Waals surface area contributed by atoms with Gasteiger partial charge in [-0.05, 0) is 14.1 Å². The summed E-state index contributed by atoms with van der Waals surface area (Å²) >= 11 is 0. The van der Waals surface area contributed by atoms with Crippen LogP contribution in [0.5, 0.6) is 5.95 Å². The molecule has 1 rings (SSSR count). The Morgan fingerprint density at radius 1 is 1.38 bits per heavy atom. The highest BCUT2D eigenvalue weighted by atomic mass is 16.6. The van der Waals surface area contributed by atoms with Gasteiger partial charge in [-0.15, -0.1) is 0 Å². The molecule has 6 heteroatoms. The summed E-state index contributed by atoms with van der Waals surface area (Å²) in [6.45, 7) is 0.514. The van der Waals surface area contributed by atoms with E-state index in [-0.39, 0.29) is 5.95 Å². The molecule has 0 saturated carbocycles. The molecule has 0 amide bonds. The summed E-state index contributed by atoms with van der Waals surface area (Å²) in [5.41, 5.74) is 0.523. The van der Waals surface area contributed by atoms with Gasteiger partial charge in [0, 0.05) is 4.79 Å². The van der Waals surface area contributed by atoms with E-state index in [9.17, 15) is 5.11 Å². The van der Waals surface area contributed by atoms with Crippen LogP contribution >= 0.6 is 0 Å². The average Bonchev–Trinajstić information content (AvgIpc) is 2.32. The van der Waals surface area contributed by atoms with E-state index >= 15 is 0 Å². The molecule has 0 spiro atoms. The van der Waals surface area contributed by atoms with E-state index in [1.54, 1.807) is 19.1 Å². The predicted molar refractivity (Wildman–Crippen MR) is 43.6 cm³/mol. The summed E-state index contributed by atoms with van der Waals surface area (Å²) < 4.78 is 4.55. The minimum Gasteiger partial charge on any atom is -0.539 e. The lowest BCUT2D eigenvalue weighted by Crippen LogP contribution is -2.57. The molecular weight excluding hydrogens is 172 g/mol. The third-order valence-corrected chi connectivity index (χ3v) is 1.52. The summed E-state index contributed by atoms with van der Waals surface area (Å²) in [6, 6.07) is 0. The molecule has 13 heavy (non-hydrogen) atoms. The second-order valence-electron chi connectivity index (χ2n) is 3.28. The molecule has 0 bridgehead atoms. The first-order valence-corrected chi connectivity index (χ1v) is 3.92. The van der Waals surface area contributed by atoms with Crippen LogP contribution in [-0.4, -0.2) is 38.4 Å². The summed E-state index contributed by atoms with van der Waals surface area (Å²) in [5.74, 6) is -0.387. The van der Waals surface area contributed by atoms with Crippen LogP contribution in [0.4, 0.5) is 0 Å². The molecule has 1 heterocycles. The maximum atomic E-state index is 11.2. The van der Waals surface area contributed by atoms with Gasteiger partial charge >= 0.3 is 0 Å². The molecule has 6 nitrogen and oxygen atoms in total. The molecule has 0 fully saturated rings. The summed E-state index contributed by atoms with van der Waals surface area (Å²) in [4.78, 5) is 3.33. The van der Waals surface area contributed by atoms with E-state index in [0.717, 1.165) is 0 Å². The third kappa shape index (κ3) is 2.09. The lowest BCUT2D eigenvalue weighted by molar-refractivity contribution is -0.760. The van der Waals surface area contributed by atoms with Gasteiger partial charge in [-0.2, -0.15) is 5.01 Å². The molecule has 0 radical (unpaired) electrons. The first-order valence-electron chi connectivity index (χ1n) is 3.92. The number of hydrogen-bond donors (Lipinski definition) is 0. The van der Waals surface area contributed by atoms with Gasteiger partial charge < -0.3 is 9.63 Å². The molecule has 0 saturated heterocycles. The predicted octanol–water partition coefficient (Wildman–Crippen LogP) is -1.71. The highest BCUT2D eigenvalue weighted by Gasteiger charge is 2.20. The van der Waals surface area contributed by atoms with Crippen molar-refractivity contribution in [1.29, 1.82) is 0 Å². The summed E-state index contributed by atoms with van der Waals surface area (Å²) in [6.07, 6.45) is 0. The van der Waals surface area contributed by atoms with Crippen LogP contribution in [0.3, 0.4) is 0 Å². The van der Waals surface area contributed by atoms with E-state index in [1.165, 1.54) is 4.79 Å². The molecular formula is C7H14N4O2. The monoisotopic (exact) mass is 186 g/mol. The van der Waals surface area contributed by atoms with Crippen molar-refractivity contribution in [1.82, 2.24) is 10.2 Å². The Balaban J connectivity index is 2.94. The van der Waals surface area contributed by atoms with Crippen molar-refractivity contribution in [2.75, 3.05) is 33.2 Å². The largest absolute Gasteiger partial charge is 0.539 e. The lowest BCUT2D eigenvalue weighted by Gasteiger charge is -2.07. The van der Waals surface area contributed by atoms with Crippen LogP contribution in [0.1, 0.15) is 5.69 Å². The second-order valence-corrected chi connectivity index (χ2v) is 3.28. The Bertz CT molecular complexity index is 282. The molecule has 0 atom stereocenters. The maximum Gasteiger partial charge on any atom is 0.281 e. The van der Waals surface area contributed by atoms with Crippen LogP contribution in [0.15, 0.2) is 4.52 Å². The van der Waals surface area contributed by atoms with Crippen molar-refractivity contribution in [3.8, 4) is 5.95 Å². The van der Waals surface area contributed by atoms with Gasteiger partial charge in [0.2, 0.25) is 0 Å². The van der Waals surface area contributed by atoms with E-state index in [1.807, 2.05) is 19.0 Å². The minimum absolute atomic E-state index is 0.387. The number of nitrogens with zero attached hydrogens (tertiary/aromatic N) is 4. The Labute approximate surface area is 76.9 Å². The van der Waals surface area contributed by atoms with Crippen molar-refractivity contribution in [2.45, 2.75) is 6.54 Å². The fourth-order valence-corrected chi connectivity index (χ4v) is 1.00. The van der Waals surface area contributed by atoms with Crippen molar-refractivity contribution < 1.29 is 14.4 Å². The fourth-order valence-electron chi connectivity index (χ4n) is 1.00. The molecule has 0 aliphatic carbocycles. The Morgan fingerprint density at radius 3 is 2.46 bits per heavy atom. The topological polar surface area (TPSA) is 59.5 Å². The Hall–Kier alpha value is -1.30. The van der Waals surface area contributed by atoms with Gasteiger partial charge in [-0.25, -0.2) is 0 Å². The van der Waals surface area contributed by atoms with Crippen molar-refractivity contribution in [3.05, 3.63) is 5.69 Å². The molecule has 0 aliphatic rings. The first kappa shape index (κ1) is 9.79. The van der Waals surface area contributed by atoms with Crippen molar-refractivity contribution >= 4 is 0 Å². The van der Waals surface area contributed by atoms with Crippen LogP contribution in [-0.2, 0) is 6.54 Å². The standard InChI is InChI=1S/C7H14N4O2/c1-9(2)5-6-7(12)13-8-11(6)10(3)4/h5H2,1-4H3. The molecule has 0 unspecified atom stereocenters. The highest BCUT2D eigenvalue weighted by molar-refractivity contribution is 5.02. The van der Waals surface area contributed by atoms with E-state index < -0.39 is 0 Å². The summed E-state index contributed by atoms with van der Waals surface area (Å²) in [5, 5.41) is 16.5. The lowest BCUT2D eigenvalue weighted by atomic mass is 10.4. The zero-order valence-electron chi connectivity index (χ0n) is 8.31. The third-order valence-electron chi connectivity index (χ3n) is 1.52. The first-order chi connectivity index (χ1) is 6.02.